The number of nitrogens with one attached hydrogen (secondary N) is 1. The average molecular weight is 697 g/mol. The number of H-pyrrole nitrogens is 1. The van der Waals surface area contributed by atoms with E-state index < -0.39 is 78.6 Å². The fourth-order valence-electron chi connectivity index (χ4n) is 5.24. The first kappa shape index (κ1) is 39.2. The summed E-state index contributed by atoms with van der Waals surface area (Å²) < 4.78 is 51.8. The fourth-order valence-corrected chi connectivity index (χ4v) is 5.24. The summed E-state index contributed by atoms with van der Waals surface area (Å²) in [6.45, 7) is 2.71. The van der Waals surface area contributed by atoms with E-state index in [4.69, 9.17) is 29.8 Å². The van der Waals surface area contributed by atoms with Gasteiger partial charge in [-0.1, -0.05) is 57.1 Å². The molecule has 2 aromatic heterocycles. The van der Waals surface area contributed by atoms with E-state index in [0.717, 1.165) is 36.1 Å². The van der Waals surface area contributed by atoms with Crippen molar-refractivity contribution in [3.63, 3.8) is 0 Å². The molecule has 2 aromatic rings. The Morgan fingerprint density at radius 1 is 1.02 bits per heavy atom. The van der Waals surface area contributed by atoms with Crippen molar-refractivity contribution in [2.24, 2.45) is 5.73 Å². The second-order valence-corrected chi connectivity index (χ2v) is 11.5. The van der Waals surface area contributed by atoms with Gasteiger partial charge >= 0.3 is 17.8 Å². The molecule has 0 aliphatic carbocycles. The van der Waals surface area contributed by atoms with Gasteiger partial charge in [-0.2, -0.15) is 13.2 Å². The van der Waals surface area contributed by atoms with Crippen LogP contribution in [0.1, 0.15) is 76.3 Å². The van der Waals surface area contributed by atoms with Gasteiger partial charge in [0.2, 0.25) is 0 Å². The van der Waals surface area contributed by atoms with Gasteiger partial charge in [0.05, 0.1) is 6.20 Å². The molecular formula is C28H43F3N6O11. The molecule has 0 amide bonds. The first-order valence-electron chi connectivity index (χ1n) is 15.6. The van der Waals surface area contributed by atoms with E-state index in [9.17, 15) is 43.2 Å². The number of hydrogen-bond acceptors (Lipinski definition) is 13. The number of nitrogens with zero attached hydrogens (tertiary/aromatic N) is 4. The second-order valence-electron chi connectivity index (χ2n) is 11.5. The zero-order valence-corrected chi connectivity index (χ0v) is 26.2. The van der Waals surface area contributed by atoms with Crippen LogP contribution in [0, 0.1) is 0 Å². The number of unbranched alkanes of at least 4 members (excludes halogenated alkanes) is 7. The van der Waals surface area contributed by atoms with E-state index in [1.54, 1.807) is 10.9 Å². The molecule has 4 rings (SSSR count). The van der Waals surface area contributed by atoms with Gasteiger partial charge in [0.25, 0.3) is 5.56 Å². The minimum Gasteiger partial charge on any atom is -0.475 e. The van der Waals surface area contributed by atoms with Crippen LogP contribution < -0.4 is 17.0 Å². The standard InChI is InChI=1S/C26H42N6O9.C2HF3O2/c1-2-3-4-5-6-7-8-9-11-31-14-15(29-30-31)22(41-25-21(37)18(34)16(13-27)39-25)23-19(35)20(36)24(40-23)32-12-10-17(33)28-26(32)38;3-2(4,5)1(6)7/h10,12,14,16,18-25,34-37H,2-9,11,13,27H2,1H3,(H,28,33,38);(H,6,7)/t16-,18-,19+,20-,21-,22+,23+,24-,25+;/m1./s1. The molecule has 17 nitrogen and oxygen atoms in total. The van der Waals surface area contributed by atoms with Crippen molar-refractivity contribution in [2.75, 3.05) is 6.54 Å². The van der Waals surface area contributed by atoms with Crippen LogP contribution in [0.5, 0.6) is 0 Å². The van der Waals surface area contributed by atoms with E-state index in [0.29, 0.717) is 6.54 Å². The lowest BCUT2D eigenvalue weighted by molar-refractivity contribution is -0.224. The number of aliphatic carboxylic acids is 1. The minimum absolute atomic E-state index is 0.0734. The van der Waals surface area contributed by atoms with Gasteiger partial charge < -0.3 is 45.5 Å². The van der Waals surface area contributed by atoms with Crippen LogP contribution in [0.2, 0.25) is 0 Å². The zero-order chi connectivity index (χ0) is 35.6. The second kappa shape index (κ2) is 18.0. The summed E-state index contributed by atoms with van der Waals surface area (Å²) in [6, 6.07) is 1.08. The maximum absolute atomic E-state index is 12.4. The highest BCUT2D eigenvalue weighted by Gasteiger charge is 2.52. The van der Waals surface area contributed by atoms with Crippen molar-refractivity contribution in [3.8, 4) is 0 Å². The van der Waals surface area contributed by atoms with Gasteiger partial charge in [-0.25, -0.2) is 9.59 Å². The Hall–Kier alpha value is -3.24. The van der Waals surface area contributed by atoms with E-state index in [2.05, 4.69) is 22.2 Å². The summed E-state index contributed by atoms with van der Waals surface area (Å²) in [4.78, 5) is 34.8. The summed E-state index contributed by atoms with van der Waals surface area (Å²) in [5.74, 6) is -2.76. The number of aliphatic hydroxyl groups is 4. The Labute approximate surface area is 272 Å². The summed E-state index contributed by atoms with van der Waals surface area (Å²) in [7, 11) is 0. The molecule has 2 fully saturated rings. The smallest absolute Gasteiger partial charge is 0.475 e. The maximum Gasteiger partial charge on any atom is 0.490 e. The molecule has 0 bridgehead atoms. The van der Waals surface area contributed by atoms with Crippen molar-refractivity contribution < 1.29 is 57.7 Å². The average Bonchev–Trinajstić information content (AvgIpc) is 3.69. The summed E-state index contributed by atoms with van der Waals surface area (Å²) in [5, 5.41) is 58.0. The molecule has 0 aromatic carbocycles. The predicted molar refractivity (Wildman–Crippen MR) is 157 cm³/mol. The number of carboxylic acids is 1. The first-order valence-corrected chi connectivity index (χ1v) is 15.6. The number of rotatable bonds is 15. The predicted octanol–water partition coefficient (Wildman–Crippen LogP) is -0.315. The lowest BCUT2D eigenvalue weighted by Crippen LogP contribution is -2.40. The van der Waals surface area contributed by atoms with Gasteiger partial charge in [0, 0.05) is 25.4 Å². The van der Waals surface area contributed by atoms with Crippen LogP contribution >= 0.6 is 0 Å². The molecule has 2 aliphatic rings. The van der Waals surface area contributed by atoms with Crippen molar-refractivity contribution in [2.45, 2.75) is 126 Å². The molecule has 272 valence electrons. The number of aromatic nitrogens is 5. The fraction of sp³-hybridized carbons (Fsp3) is 0.750. The highest BCUT2D eigenvalue weighted by molar-refractivity contribution is 5.73. The SMILES string of the molecule is CCCCCCCCCCn1cc([C@H](O[C@@H]2O[C@H](CN)[C@@H](O)[C@H]2O)[C@H]2O[C@@H](n3ccc(=O)[nH]c3=O)[C@H](O)[C@@H]2O)nn1.O=C(O)C(F)(F)F. The molecule has 20 heteroatoms. The van der Waals surface area contributed by atoms with Crippen molar-refractivity contribution in [1.29, 1.82) is 0 Å². The first-order chi connectivity index (χ1) is 22.7. The largest absolute Gasteiger partial charge is 0.490 e. The van der Waals surface area contributed by atoms with E-state index in [1.807, 2.05) is 0 Å². The minimum atomic E-state index is -5.08. The lowest BCUT2D eigenvalue weighted by Gasteiger charge is -2.28. The molecule has 4 heterocycles. The van der Waals surface area contributed by atoms with Crippen molar-refractivity contribution >= 4 is 5.97 Å². The number of hydrogen-bond donors (Lipinski definition) is 7. The highest BCUT2D eigenvalue weighted by Crippen LogP contribution is 2.39. The Morgan fingerprint density at radius 3 is 2.21 bits per heavy atom. The molecule has 0 radical (unpaired) electrons. The number of aliphatic hydroxyl groups excluding tert-OH is 4. The zero-order valence-electron chi connectivity index (χ0n) is 26.2. The van der Waals surface area contributed by atoms with Crippen molar-refractivity contribution in [3.05, 3.63) is 45.0 Å². The van der Waals surface area contributed by atoms with E-state index in [1.165, 1.54) is 32.1 Å². The van der Waals surface area contributed by atoms with Crippen LogP contribution in [0.4, 0.5) is 13.2 Å². The Morgan fingerprint density at radius 2 is 1.65 bits per heavy atom. The van der Waals surface area contributed by atoms with Gasteiger partial charge in [0.1, 0.15) is 48.4 Å². The summed E-state index contributed by atoms with van der Waals surface area (Å²) >= 11 is 0. The number of nitrogens with two attached hydrogens (primary N) is 1. The summed E-state index contributed by atoms with van der Waals surface area (Å²) in [6.07, 6.45) is -5.19. The van der Waals surface area contributed by atoms with Crippen LogP contribution in [0.15, 0.2) is 28.0 Å². The lowest BCUT2D eigenvalue weighted by atomic mass is 10.0. The molecule has 0 saturated carbocycles. The van der Waals surface area contributed by atoms with E-state index >= 15 is 0 Å². The van der Waals surface area contributed by atoms with Crippen LogP contribution in [0.25, 0.3) is 0 Å². The normalized spacial score (nSPS) is 27.9. The summed E-state index contributed by atoms with van der Waals surface area (Å²) in [5.41, 5.74) is 4.37. The molecule has 0 unspecified atom stereocenters. The van der Waals surface area contributed by atoms with Crippen molar-refractivity contribution in [1.82, 2.24) is 24.5 Å². The molecule has 8 N–H and O–H groups in total. The van der Waals surface area contributed by atoms with Gasteiger partial charge in [0.15, 0.2) is 12.5 Å². The van der Waals surface area contributed by atoms with Crippen LogP contribution in [-0.4, -0.2) is 112 Å². The highest BCUT2D eigenvalue weighted by atomic mass is 19.4. The third-order valence-electron chi connectivity index (χ3n) is 7.86. The molecule has 2 saturated heterocycles. The number of carbonyl (C=O) groups is 1. The number of aromatic amines is 1. The number of ether oxygens (including phenoxy) is 3. The third-order valence-corrected chi connectivity index (χ3v) is 7.86. The molecule has 2 aliphatic heterocycles. The maximum atomic E-state index is 12.4. The van der Waals surface area contributed by atoms with Crippen LogP contribution in [0.3, 0.4) is 0 Å². The van der Waals surface area contributed by atoms with E-state index in [-0.39, 0.29) is 12.2 Å². The Balaban J connectivity index is 0.000000804. The molecular weight excluding hydrogens is 653 g/mol. The number of aryl methyl sites for hydroxylation is 1. The topological polar surface area (TPSA) is 257 Å². The number of halogens is 3. The molecule has 9 atom stereocenters. The van der Waals surface area contributed by atoms with Gasteiger partial charge in [-0.3, -0.25) is 19.0 Å². The van der Waals surface area contributed by atoms with Crippen LogP contribution in [-0.2, 0) is 25.5 Å². The number of alkyl halides is 3. The third kappa shape index (κ3) is 10.4. The monoisotopic (exact) mass is 696 g/mol. The molecule has 0 spiro atoms. The quantitative estimate of drug-likeness (QED) is 0.118. The Bertz CT molecular complexity index is 1410. The van der Waals surface area contributed by atoms with Gasteiger partial charge in [-0.15, -0.1) is 5.10 Å². The van der Waals surface area contributed by atoms with Gasteiger partial charge in [-0.05, 0) is 6.42 Å². The number of carboxylic acid groups (broad SMARTS) is 1. The molecule has 48 heavy (non-hydrogen) atoms. The Kier molecular flexibility index (Phi) is 14.7.